The maximum absolute atomic E-state index is 14.0. The average molecular weight is 556 g/mol. The second-order valence-corrected chi connectivity index (χ2v) is 10.9. The van der Waals surface area contributed by atoms with Gasteiger partial charge < -0.3 is 26.2 Å². The molecule has 9 nitrogen and oxygen atoms in total. The zero-order valence-electron chi connectivity index (χ0n) is 23.6. The quantitative estimate of drug-likeness (QED) is 0.313. The maximum atomic E-state index is 14.0. The second kappa shape index (κ2) is 12.4. The molecule has 0 bridgehead atoms. The molecule has 0 radical (unpaired) electrons. The van der Waals surface area contributed by atoms with Gasteiger partial charge in [0.1, 0.15) is 17.2 Å². The number of aliphatic hydroxyl groups is 1. The summed E-state index contributed by atoms with van der Waals surface area (Å²) in [5.41, 5.74) is 6.68. The summed E-state index contributed by atoms with van der Waals surface area (Å²) in [6.07, 6.45) is 0.0652. The van der Waals surface area contributed by atoms with Gasteiger partial charge in [0.25, 0.3) is 5.91 Å². The number of aliphatic hydroxyl groups excluding tert-OH is 1. The molecule has 1 aliphatic heterocycles. The number of likely N-dealkylation sites (N-methyl/N-ethyl adjacent to an activating group) is 1. The molecule has 0 spiro atoms. The number of likely N-dealkylation sites (tertiary alicyclic amines) is 1. The number of nitrogens with zero attached hydrogens (tertiary/aromatic N) is 3. The van der Waals surface area contributed by atoms with Crippen molar-refractivity contribution in [3.05, 3.63) is 95.1 Å². The number of phenolic OH excluding ortho intramolecular Hbond substituents is 1. The first-order valence-corrected chi connectivity index (χ1v) is 13.7. The zero-order valence-corrected chi connectivity index (χ0v) is 23.6. The Morgan fingerprint density at radius 2 is 1.71 bits per heavy atom. The van der Waals surface area contributed by atoms with Gasteiger partial charge in [-0.05, 0) is 37.0 Å². The van der Waals surface area contributed by atoms with Crippen LogP contribution in [0.2, 0.25) is 0 Å². The summed E-state index contributed by atoms with van der Waals surface area (Å²) >= 11 is 0. The lowest BCUT2D eigenvalue weighted by Gasteiger charge is -2.44. The number of carbonyl (C=O) groups excluding carboxylic acids is 2. The van der Waals surface area contributed by atoms with Crippen LogP contribution < -0.4 is 11.1 Å². The first-order chi connectivity index (χ1) is 19.6. The number of piperidine rings is 1. The van der Waals surface area contributed by atoms with Crippen LogP contribution in [0.1, 0.15) is 46.8 Å². The average Bonchev–Trinajstić information content (AvgIpc) is 2.97. The Hall–Kier alpha value is -4.39. The lowest BCUT2D eigenvalue weighted by Crippen LogP contribution is -2.57. The van der Waals surface area contributed by atoms with Crippen molar-refractivity contribution in [2.45, 2.75) is 43.4 Å². The third-order valence-corrected chi connectivity index (χ3v) is 7.99. The number of carbonyl (C=O) groups is 2. The molecular weight excluding hydrogens is 518 g/mol. The minimum Gasteiger partial charge on any atom is -0.507 e. The fraction of sp³-hybridized carbons (Fsp3) is 0.344. The van der Waals surface area contributed by atoms with E-state index in [0.29, 0.717) is 25.9 Å². The summed E-state index contributed by atoms with van der Waals surface area (Å²) in [5.74, 6) is -0.943. The number of nitrogen functional groups attached to an aromatic ring is 1. The van der Waals surface area contributed by atoms with E-state index < -0.39 is 23.5 Å². The standard InChI is InChI=1S/C32H37N5O4/c1-21(18-32(31(41)36(2)3,23-10-6-4-7-11-23)24-12-8-5-9-13-24)37-15-14-27(29(39)20-37)35-30(40)25-16-22(19-33)26(34)17-28(25)38/h4-13,16-17,21,27,29,38-39H,14-15,18,20,34H2,1-3H3,(H,35,40)/t21?,27-,29-/m1/s1. The number of nitrogens with two attached hydrogens (primary N) is 1. The lowest BCUT2D eigenvalue weighted by molar-refractivity contribution is -0.134. The summed E-state index contributed by atoms with van der Waals surface area (Å²) in [7, 11) is 3.54. The minimum atomic E-state index is -0.938. The number of amides is 2. The monoisotopic (exact) mass is 555 g/mol. The molecule has 0 aliphatic carbocycles. The summed E-state index contributed by atoms with van der Waals surface area (Å²) in [6.45, 7) is 2.93. The molecule has 1 saturated heterocycles. The summed E-state index contributed by atoms with van der Waals surface area (Å²) in [4.78, 5) is 30.7. The van der Waals surface area contributed by atoms with Gasteiger partial charge >= 0.3 is 0 Å². The van der Waals surface area contributed by atoms with Crippen LogP contribution in [-0.2, 0) is 10.2 Å². The van der Waals surface area contributed by atoms with Crippen molar-refractivity contribution in [2.24, 2.45) is 0 Å². The first-order valence-electron chi connectivity index (χ1n) is 13.7. The molecule has 2 amide bonds. The van der Waals surface area contributed by atoms with Gasteiger partial charge in [-0.25, -0.2) is 0 Å². The highest BCUT2D eigenvalue weighted by atomic mass is 16.3. The van der Waals surface area contributed by atoms with Crippen molar-refractivity contribution in [3.8, 4) is 11.8 Å². The first kappa shape index (κ1) is 29.6. The molecule has 1 aliphatic rings. The number of hydrogen-bond acceptors (Lipinski definition) is 7. The Kier molecular flexibility index (Phi) is 8.96. The molecule has 0 aromatic heterocycles. The largest absolute Gasteiger partial charge is 0.507 e. The van der Waals surface area contributed by atoms with Gasteiger partial charge in [-0.2, -0.15) is 5.26 Å². The molecule has 0 saturated carbocycles. The molecule has 41 heavy (non-hydrogen) atoms. The van der Waals surface area contributed by atoms with E-state index in [1.807, 2.05) is 66.7 Å². The Bertz CT molecular complexity index is 1380. The molecule has 3 aromatic rings. The van der Waals surface area contributed by atoms with Crippen molar-refractivity contribution in [2.75, 3.05) is 32.9 Å². The highest BCUT2D eigenvalue weighted by Crippen LogP contribution is 2.40. The second-order valence-electron chi connectivity index (χ2n) is 10.9. The molecular formula is C32H37N5O4. The van der Waals surface area contributed by atoms with Crippen LogP contribution in [0.3, 0.4) is 0 Å². The smallest absolute Gasteiger partial charge is 0.255 e. The van der Waals surface area contributed by atoms with Crippen LogP contribution in [0.5, 0.6) is 5.75 Å². The van der Waals surface area contributed by atoms with Gasteiger partial charge in [-0.3, -0.25) is 14.5 Å². The van der Waals surface area contributed by atoms with Gasteiger partial charge in [0.05, 0.1) is 29.0 Å². The third kappa shape index (κ3) is 6.04. The number of benzene rings is 3. The fourth-order valence-electron chi connectivity index (χ4n) is 5.79. The van der Waals surface area contributed by atoms with Gasteiger partial charge in [0.2, 0.25) is 5.91 Å². The van der Waals surface area contributed by atoms with Crippen LogP contribution in [0.15, 0.2) is 72.8 Å². The van der Waals surface area contributed by atoms with Crippen molar-refractivity contribution in [3.63, 3.8) is 0 Å². The van der Waals surface area contributed by atoms with Crippen molar-refractivity contribution in [1.29, 1.82) is 5.26 Å². The van der Waals surface area contributed by atoms with E-state index >= 15 is 0 Å². The number of nitriles is 1. The molecule has 9 heteroatoms. The van der Waals surface area contributed by atoms with Crippen molar-refractivity contribution >= 4 is 17.5 Å². The predicted molar refractivity (Wildman–Crippen MR) is 157 cm³/mol. The molecule has 3 atom stereocenters. The summed E-state index contributed by atoms with van der Waals surface area (Å²) < 4.78 is 0. The lowest BCUT2D eigenvalue weighted by atomic mass is 9.69. The topological polar surface area (TPSA) is 143 Å². The molecule has 4 rings (SSSR count). The van der Waals surface area contributed by atoms with Gasteiger partial charge in [0, 0.05) is 39.3 Å². The number of aromatic hydroxyl groups is 1. The predicted octanol–water partition coefficient (Wildman–Crippen LogP) is 2.86. The van der Waals surface area contributed by atoms with E-state index in [0.717, 1.165) is 11.1 Å². The van der Waals surface area contributed by atoms with E-state index in [2.05, 4.69) is 17.1 Å². The van der Waals surface area contributed by atoms with E-state index in [1.54, 1.807) is 19.0 Å². The third-order valence-electron chi connectivity index (χ3n) is 7.99. The van der Waals surface area contributed by atoms with E-state index in [-0.39, 0.29) is 34.5 Å². The van der Waals surface area contributed by atoms with Crippen LogP contribution in [-0.4, -0.2) is 77.2 Å². The number of anilines is 1. The van der Waals surface area contributed by atoms with Crippen molar-refractivity contribution < 1.29 is 19.8 Å². The Labute approximate surface area is 240 Å². The molecule has 214 valence electrons. The number of phenols is 1. The SMILES string of the molecule is CC(CC(C(=O)N(C)C)(c1ccccc1)c1ccccc1)N1CC[C@@H](NC(=O)c2cc(C#N)c(N)cc2O)[C@H](O)C1. The van der Waals surface area contributed by atoms with Crippen LogP contribution >= 0.6 is 0 Å². The van der Waals surface area contributed by atoms with Crippen LogP contribution in [0.25, 0.3) is 0 Å². The highest BCUT2D eigenvalue weighted by Gasteiger charge is 2.45. The number of β-amino-alcohol motifs (C(OH)–C–C–N with tert-alkyl or cyclic N) is 1. The van der Waals surface area contributed by atoms with Crippen LogP contribution in [0.4, 0.5) is 5.69 Å². The van der Waals surface area contributed by atoms with Gasteiger partial charge in [0.15, 0.2) is 0 Å². The zero-order chi connectivity index (χ0) is 29.7. The number of rotatable bonds is 8. The number of nitrogens with one attached hydrogen (secondary N) is 1. The fourth-order valence-corrected chi connectivity index (χ4v) is 5.79. The van der Waals surface area contributed by atoms with Gasteiger partial charge in [-0.1, -0.05) is 60.7 Å². The molecule has 1 unspecified atom stereocenters. The summed E-state index contributed by atoms with van der Waals surface area (Å²) in [5, 5.41) is 33.3. The Morgan fingerprint density at radius 3 is 2.22 bits per heavy atom. The summed E-state index contributed by atoms with van der Waals surface area (Å²) in [6, 6.07) is 23.3. The van der Waals surface area contributed by atoms with Crippen molar-refractivity contribution in [1.82, 2.24) is 15.1 Å². The Balaban J connectivity index is 1.55. The van der Waals surface area contributed by atoms with E-state index in [1.165, 1.54) is 12.1 Å². The Morgan fingerprint density at radius 1 is 1.12 bits per heavy atom. The van der Waals surface area contributed by atoms with E-state index in [9.17, 15) is 25.1 Å². The molecule has 1 fully saturated rings. The maximum Gasteiger partial charge on any atom is 0.255 e. The molecule has 3 aromatic carbocycles. The molecule has 1 heterocycles. The highest BCUT2D eigenvalue weighted by molar-refractivity contribution is 5.98. The van der Waals surface area contributed by atoms with Gasteiger partial charge in [-0.15, -0.1) is 0 Å². The normalized spacial score (nSPS) is 18.2. The molecule has 5 N–H and O–H groups in total. The minimum absolute atomic E-state index is 0.0236. The number of hydrogen-bond donors (Lipinski definition) is 4. The van der Waals surface area contributed by atoms with Crippen LogP contribution in [0, 0.1) is 11.3 Å². The van der Waals surface area contributed by atoms with E-state index in [4.69, 9.17) is 5.73 Å².